The lowest BCUT2D eigenvalue weighted by molar-refractivity contribution is -0.146. The van der Waals surface area contributed by atoms with E-state index in [1.54, 1.807) is 6.92 Å². The quantitative estimate of drug-likeness (QED) is 0.347. The van der Waals surface area contributed by atoms with E-state index >= 15 is 0 Å². The topological polar surface area (TPSA) is 43.4 Å². The molecular weight excluding hydrogens is 168 g/mol. The predicted molar refractivity (Wildman–Crippen MR) is 50.4 cm³/mol. The Hall–Kier alpha value is -0.860. The highest BCUT2D eigenvalue weighted by Crippen LogP contribution is 1.97. The van der Waals surface area contributed by atoms with E-state index in [1.807, 2.05) is 0 Å². The number of carbonyl (C=O) groups is 2. The SMILES string of the molecule is CCCCCOC(=O)CC(=O)CC. The fourth-order valence-corrected chi connectivity index (χ4v) is 0.875. The summed E-state index contributed by atoms with van der Waals surface area (Å²) in [5.41, 5.74) is 0. The van der Waals surface area contributed by atoms with E-state index in [0.29, 0.717) is 13.0 Å². The van der Waals surface area contributed by atoms with Gasteiger partial charge in [0.15, 0.2) is 0 Å². The molecule has 0 aliphatic heterocycles. The summed E-state index contributed by atoms with van der Waals surface area (Å²) >= 11 is 0. The first-order valence-electron chi connectivity index (χ1n) is 4.88. The van der Waals surface area contributed by atoms with E-state index in [4.69, 9.17) is 4.74 Å². The average Bonchev–Trinajstić information content (AvgIpc) is 2.12. The van der Waals surface area contributed by atoms with Crippen LogP contribution in [0.25, 0.3) is 0 Å². The molecule has 0 heterocycles. The number of unbranched alkanes of at least 4 members (excludes halogenated alkanes) is 2. The minimum atomic E-state index is -0.386. The van der Waals surface area contributed by atoms with Gasteiger partial charge in [-0.1, -0.05) is 26.7 Å². The van der Waals surface area contributed by atoms with E-state index < -0.39 is 0 Å². The Morgan fingerprint density at radius 1 is 1.15 bits per heavy atom. The first-order chi connectivity index (χ1) is 6.20. The highest BCUT2D eigenvalue weighted by atomic mass is 16.5. The summed E-state index contributed by atoms with van der Waals surface area (Å²) in [5.74, 6) is -0.441. The fourth-order valence-electron chi connectivity index (χ4n) is 0.875. The van der Waals surface area contributed by atoms with Crippen LogP contribution in [0.1, 0.15) is 46.0 Å². The van der Waals surface area contributed by atoms with Crippen LogP contribution in [0.15, 0.2) is 0 Å². The third-order valence-electron chi connectivity index (χ3n) is 1.75. The zero-order chi connectivity index (χ0) is 10.1. The molecule has 0 aromatic rings. The molecular formula is C10H18O3. The normalized spacial score (nSPS) is 9.69. The van der Waals surface area contributed by atoms with Crippen LogP contribution in [-0.4, -0.2) is 18.4 Å². The van der Waals surface area contributed by atoms with Gasteiger partial charge in [0.25, 0.3) is 0 Å². The van der Waals surface area contributed by atoms with Crippen molar-refractivity contribution in [1.29, 1.82) is 0 Å². The van der Waals surface area contributed by atoms with Crippen molar-refractivity contribution in [3.63, 3.8) is 0 Å². The molecule has 0 amide bonds. The molecule has 76 valence electrons. The average molecular weight is 186 g/mol. The van der Waals surface area contributed by atoms with Crippen molar-refractivity contribution in [2.75, 3.05) is 6.61 Å². The molecule has 13 heavy (non-hydrogen) atoms. The molecule has 3 heteroatoms. The molecule has 0 saturated heterocycles. The van der Waals surface area contributed by atoms with Gasteiger partial charge in [0.05, 0.1) is 6.61 Å². The molecule has 0 saturated carbocycles. The van der Waals surface area contributed by atoms with E-state index in [9.17, 15) is 9.59 Å². The van der Waals surface area contributed by atoms with Crippen LogP contribution in [0.5, 0.6) is 0 Å². The summed E-state index contributed by atoms with van der Waals surface area (Å²) < 4.78 is 4.86. The minimum absolute atomic E-state index is 0.0551. The second-order valence-corrected chi connectivity index (χ2v) is 3.00. The standard InChI is InChI=1S/C10H18O3/c1-3-5-6-7-13-10(12)8-9(11)4-2/h3-8H2,1-2H3. The maximum absolute atomic E-state index is 10.9. The number of ketones is 1. The summed E-state index contributed by atoms with van der Waals surface area (Å²) in [4.78, 5) is 21.7. The Kier molecular flexibility index (Phi) is 7.26. The Bertz CT molecular complexity index is 164. The summed E-state index contributed by atoms with van der Waals surface area (Å²) in [7, 11) is 0. The molecule has 0 radical (unpaired) electrons. The molecule has 0 aromatic heterocycles. The second kappa shape index (κ2) is 7.77. The van der Waals surface area contributed by atoms with Crippen molar-refractivity contribution in [2.24, 2.45) is 0 Å². The van der Waals surface area contributed by atoms with Crippen LogP contribution in [0, 0.1) is 0 Å². The Morgan fingerprint density at radius 2 is 1.85 bits per heavy atom. The van der Waals surface area contributed by atoms with Crippen molar-refractivity contribution in [3.05, 3.63) is 0 Å². The maximum atomic E-state index is 10.9. The van der Waals surface area contributed by atoms with Crippen molar-refractivity contribution >= 4 is 11.8 Å². The number of hydrogen-bond acceptors (Lipinski definition) is 3. The Labute approximate surface area is 79.5 Å². The van der Waals surface area contributed by atoms with E-state index in [2.05, 4.69) is 6.92 Å². The number of esters is 1. The number of carbonyl (C=O) groups excluding carboxylic acids is 2. The first-order valence-corrected chi connectivity index (χ1v) is 4.88. The van der Waals surface area contributed by atoms with E-state index in [-0.39, 0.29) is 18.2 Å². The minimum Gasteiger partial charge on any atom is -0.465 e. The third kappa shape index (κ3) is 7.50. The van der Waals surface area contributed by atoms with Crippen molar-refractivity contribution in [3.8, 4) is 0 Å². The fraction of sp³-hybridized carbons (Fsp3) is 0.800. The van der Waals surface area contributed by atoms with Crippen molar-refractivity contribution in [1.82, 2.24) is 0 Å². The molecule has 0 N–H and O–H groups in total. The van der Waals surface area contributed by atoms with Gasteiger partial charge in [-0.2, -0.15) is 0 Å². The largest absolute Gasteiger partial charge is 0.465 e. The highest BCUT2D eigenvalue weighted by Gasteiger charge is 2.07. The van der Waals surface area contributed by atoms with Crippen LogP contribution < -0.4 is 0 Å². The molecule has 0 rings (SSSR count). The number of Topliss-reactive ketones (excluding diaryl/α,β-unsaturated/α-hetero) is 1. The van der Waals surface area contributed by atoms with Gasteiger partial charge in [-0.25, -0.2) is 0 Å². The van der Waals surface area contributed by atoms with Crippen molar-refractivity contribution in [2.45, 2.75) is 46.0 Å². The molecule has 0 unspecified atom stereocenters. The summed E-state index contributed by atoms with van der Waals surface area (Å²) in [6, 6.07) is 0. The van der Waals surface area contributed by atoms with Crippen LogP contribution in [0.4, 0.5) is 0 Å². The zero-order valence-electron chi connectivity index (χ0n) is 8.47. The van der Waals surface area contributed by atoms with Gasteiger partial charge in [-0.15, -0.1) is 0 Å². The molecule has 0 aliphatic rings. The van der Waals surface area contributed by atoms with Gasteiger partial charge in [-0.3, -0.25) is 9.59 Å². The lowest BCUT2D eigenvalue weighted by Gasteiger charge is -2.02. The first kappa shape index (κ1) is 12.1. The van der Waals surface area contributed by atoms with E-state index in [1.165, 1.54) is 0 Å². The molecule has 0 fully saturated rings. The highest BCUT2D eigenvalue weighted by molar-refractivity contribution is 5.95. The lowest BCUT2D eigenvalue weighted by Crippen LogP contribution is -2.11. The number of hydrogen-bond donors (Lipinski definition) is 0. The number of rotatable bonds is 7. The monoisotopic (exact) mass is 186 g/mol. The van der Waals surface area contributed by atoms with Gasteiger partial charge < -0.3 is 4.74 Å². The molecule has 3 nitrogen and oxygen atoms in total. The summed E-state index contributed by atoms with van der Waals surface area (Å²) in [6.45, 7) is 4.28. The van der Waals surface area contributed by atoms with Gasteiger partial charge in [0.1, 0.15) is 12.2 Å². The second-order valence-electron chi connectivity index (χ2n) is 3.00. The lowest BCUT2D eigenvalue weighted by atomic mass is 10.2. The smallest absolute Gasteiger partial charge is 0.313 e. The molecule has 0 spiro atoms. The summed E-state index contributed by atoms with van der Waals surface area (Å²) in [6.07, 6.45) is 3.40. The number of ether oxygens (including phenoxy) is 1. The molecule has 0 bridgehead atoms. The molecule has 0 aromatic carbocycles. The Morgan fingerprint density at radius 3 is 2.38 bits per heavy atom. The van der Waals surface area contributed by atoms with Crippen molar-refractivity contribution < 1.29 is 14.3 Å². The third-order valence-corrected chi connectivity index (χ3v) is 1.75. The molecule has 0 atom stereocenters. The molecule has 0 aliphatic carbocycles. The predicted octanol–water partition coefficient (Wildman–Crippen LogP) is 2.09. The van der Waals surface area contributed by atoms with Crippen LogP contribution in [-0.2, 0) is 14.3 Å². The maximum Gasteiger partial charge on any atom is 0.313 e. The van der Waals surface area contributed by atoms with Gasteiger partial charge in [-0.05, 0) is 6.42 Å². The van der Waals surface area contributed by atoms with Crippen LogP contribution >= 0.6 is 0 Å². The van der Waals surface area contributed by atoms with Gasteiger partial charge >= 0.3 is 5.97 Å². The van der Waals surface area contributed by atoms with Gasteiger partial charge in [0, 0.05) is 6.42 Å². The van der Waals surface area contributed by atoms with E-state index in [0.717, 1.165) is 19.3 Å². The van der Waals surface area contributed by atoms with Crippen LogP contribution in [0.2, 0.25) is 0 Å². The summed E-state index contributed by atoms with van der Waals surface area (Å²) in [5, 5.41) is 0. The van der Waals surface area contributed by atoms with Gasteiger partial charge in [0.2, 0.25) is 0 Å². The van der Waals surface area contributed by atoms with Crippen LogP contribution in [0.3, 0.4) is 0 Å². The zero-order valence-corrected chi connectivity index (χ0v) is 8.47. The Balaban J connectivity index is 3.35.